The minimum atomic E-state index is 0.615. The zero-order valence-electron chi connectivity index (χ0n) is 11.3. The Morgan fingerprint density at radius 3 is 2.67 bits per heavy atom. The van der Waals surface area contributed by atoms with Crippen molar-refractivity contribution in [1.82, 2.24) is 10.2 Å². The van der Waals surface area contributed by atoms with Crippen LogP contribution in [-0.4, -0.2) is 37.6 Å². The van der Waals surface area contributed by atoms with Crippen LogP contribution in [0.4, 0.5) is 0 Å². The summed E-state index contributed by atoms with van der Waals surface area (Å²) in [7, 11) is 2.21. The molecular weight excluding hydrogens is 244 g/mol. The predicted octanol–water partition coefficient (Wildman–Crippen LogP) is 3.13. The topological polar surface area (TPSA) is 15.3 Å². The molecule has 1 aromatic rings. The van der Waals surface area contributed by atoms with E-state index in [0.29, 0.717) is 12.0 Å². The number of halogens is 1. The van der Waals surface area contributed by atoms with Crippen molar-refractivity contribution in [2.45, 2.75) is 31.7 Å². The van der Waals surface area contributed by atoms with Crippen LogP contribution < -0.4 is 5.32 Å². The van der Waals surface area contributed by atoms with Crippen LogP contribution in [0.15, 0.2) is 24.3 Å². The quantitative estimate of drug-likeness (QED) is 0.901. The maximum Gasteiger partial charge on any atom is 0.0406 e. The molecular formula is C15H23ClN2. The average molecular weight is 267 g/mol. The molecule has 0 bridgehead atoms. The fourth-order valence-corrected chi connectivity index (χ4v) is 2.92. The van der Waals surface area contributed by atoms with Crippen molar-refractivity contribution >= 4 is 11.6 Å². The zero-order chi connectivity index (χ0) is 13.0. The van der Waals surface area contributed by atoms with Gasteiger partial charge >= 0.3 is 0 Å². The largest absolute Gasteiger partial charge is 0.313 e. The van der Waals surface area contributed by atoms with Gasteiger partial charge in [-0.15, -0.1) is 0 Å². The van der Waals surface area contributed by atoms with Gasteiger partial charge in [0.05, 0.1) is 0 Å². The first-order valence-corrected chi connectivity index (χ1v) is 7.24. The van der Waals surface area contributed by atoms with Gasteiger partial charge < -0.3 is 10.2 Å². The first-order chi connectivity index (χ1) is 8.69. The number of piperidine rings is 1. The van der Waals surface area contributed by atoms with Crippen molar-refractivity contribution in [3.8, 4) is 0 Å². The Hall–Kier alpha value is -0.570. The summed E-state index contributed by atoms with van der Waals surface area (Å²) in [4.78, 5) is 2.43. The Morgan fingerprint density at radius 2 is 2.00 bits per heavy atom. The van der Waals surface area contributed by atoms with Crippen molar-refractivity contribution in [3.05, 3.63) is 34.9 Å². The molecule has 2 nitrogen and oxygen atoms in total. The number of hydrogen-bond donors (Lipinski definition) is 1. The first-order valence-electron chi connectivity index (χ1n) is 6.86. The Kier molecular flexibility index (Phi) is 5.04. The highest BCUT2D eigenvalue weighted by molar-refractivity contribution is 6.30. The lowest BCUT2D eigenvalue weighted by Crippen LogP contribution is -2.47. The summed E-state index contributed by atoms with van der Waals surface area (Å²) >= 11 is 5.95. The lowest BCUT2D eigenvalue weighted by atomic mass is 9.88. The number of rotatable bonds is 4. The molecule has 1 heterocycles. The third-order valence-electron chi connectivity index (χ3n) is 3.66. The van der Waals surface area contributed by atoms with Crippen molar-refractivity contribution < 1.29 is 0 Å². The third-order valence-corrected chi connectivity index (χ3v) is 3.91. The fraction of sp³-hybridized carbons (Fsp3) is 0.600. The molecule has 18 heavy (non-hydrogen) atoms. The van der Waals surface area contributed by atoms with Gasteiger partial charge in [-0.05, 0) is 50.0 Å². The molecule has 2 unspecified atom stereocenters. The van der Waals surface area contributed by atoms with E-state index >= 15 is 0 Å². The van der Waals surface area contributed by atoms with E-state index in [0.717, 1.165) is 24.7 Å². The number of benzene rings is 1. The monoisotopic (exact) mass is 266 g/mol. The van der Waals surface area contributed by atoms with Crippen LogP contribution in [0, 0.1) is 0 Å². The summed E-state index contributed by atoms with van der Waals surface area (Å²) in [5, 5.41) is 4.47. The van der Waals surface area contributed by atoms with Gasteiger partial charge in [-0.2, -0.15) is 0 Å². The Morgan fingerprint density at radius 1 is 1.28 bits per heavy atom. The lowest BCUT2D eigenvalue weighted by molar-refractivity contribution is 0.205. The van der Waals surface area contributed by atoms with Crippen LogP contribution in [-0.2, 0) is 0 Å². The Bertz CT molecular complexity index is 363. The molecule has 0 saturated carbocycles. The molecule has 1 saturated heterocycles. The van der Waals surface area contributed by atoms with E-state index in [1.165, 1.54) is 18.4 Å². The summed E-state index contributed by atoms with van der Waals surface area (Å²) in [5.74, 6) is 0.621. The summed E-state index contributed by atoms with van der Waals surface area (Å²) < 4.78 is 0. The molecule has 1 aliphatic heterocycles. The molecule has 3 heteroatoms. The van der Waals surface area contributed by atoms with Gasteiger partial charge in [-0.25, -0.2) is 0 Å². The highest BCUT2D eigenvalue weighted by atomic mass is 35.5. The number of likely N-dealkylation sites (tertiary alicyclic amines) is 1. The van der Waals surface area contributed by atoms with E-state index in [2.05, 4.69) is 36.3 Å². The number of nitrogens with zero attached hydrogens (tertiary/aromatic N) is 1. The van der Waals surface area contributed by atoms with Gasteiger partial charge in [0.15, 0.2) is 0 Å². The molecule has 0 aliphatic carbocycles. The van der Waals surface area contributed by atoms with Gasteiger partial charge in [0.1, 0.15) is 0 Å². The Labute approximate surface area is 115 Å². The smallest absolute Gasteiger partial charge is 0.0406 e. The molecule has 100 valence electrons. The molecule has 0 spiro atoms. The van der Waals surface area contributed by atoms with E-state index in [1.54, 1.807) is 0 Å². The molecule has 2 atom stereocenters. The molecule has 1 aromatic carbocycles. The van der Waals surface area contributed by atoms with Crippen LogP contribution in [0.3, 0.4) is 0 Å². The maximum atomic E-state index is 5.95. The second-order valence-corrected chi connectivity index (χ2v) is 5.79. The highest BCUT2D eigenvalue weighted by Gasteiger charge is 2.25. The molecule has 1 fully saturated rings. The van der Waals surface area contributed by atoms with Crippen LogP contribution in [0.5, 0.6) is 0 Å². The van der Waals surface area contributed by atoms with Crippen molar-refractivity contribution in [2.24, 2.45) is 0 Å². The fourth-order valence-electron chi connectivity index (χ4n) is 2.79. The summed E-state index contributed by atoms with van der Waals surface area (Å²) in [6.45, 7) is 5.64. The number of hydrogen-bond acceptors (Lipinski definition) is 2. The van der Waals surface area contributed by atoms with Crippen LogP contribution >= 0.6 is 11.6 Å². The number of likely N-dealkylation sites (N-methyl/N-ethyl adjacent to an activating group) is 1. The summed E-state index contributed by atoms with van der Waals surface area (Å²) in [6.07, 6.45) is 2.43. The number of nitrogens with one attached hydrogen (secondary N) is 1. The maximum absolute atomic E-state index is 5.95. The second kappa shape index (κ2) is 6.55. The highest BCUT2D eigenvalue weighted by Crippen LogP contribution is 2.27. The summed E-state index contributed by atoms with van der Waals surface area (Å²) in [5.41, 5.74) is 1.41. The van der Waals surface area contributed by atoms with Gasteiger partial charge in [0.25, 0.3) is 0 Å². The normalized spacial score (nSPS) is 25.3. The van der Waals surface area contributed by atoms with Crippen LogP contribution in [0.25, 0.3) is 0 Å². The van der Waals surface area contributed by atoms with E-state index in [1.807, 2.05) is 12.1 Å². The van der Waals surface area contributed by atoms with E-state index in [4.69, 9.17) is 11.6 Å². The molecule has 1 N–H and O–H groups in total. The third kappa shape index (κ3) is 3.71. The van der Waals surface area contributed by atoms with E-state index in [-0.39, 0.29) is 0 Å². The minimum Gasteiger partial charge on any atom is -0.313 e. The van der Waals surface area contributed by atoms with Crippen LogP contribution in [0.1, 0.15) is 31.2 Å². The van der Waals surface area contributed by atoms with E-state index < -0.39 is 0 Å². The Balaban J connectivity index is 2.01. The molecule has 1 aliphatic rings. The van der Waals surface area contributed by atoms with Crippen molar-refractivity contribution in [3.63, 3.8) is 0 Å². The van der Waals surface area contributed by atoms with Crippen LogP contribution in [0.2, 0.25) is 5.02 Å². The summed E-state index contributed by atoms with van der Waals surface area (Å²) in [6, 6.07) is 8.95. The molecule has 0 amide bonds. The minimum absolute atomic E-state index is 0.615. The first kappa shape index (κ1) is 13.9. The van der Waals surface area contributed by atoms with Crippen molar-refractivity contribution in [1.29, 1.82) is 0 Å². The van der Waals surface area contributed by atoms with Gasteiger partial charge in [0.2, 0.25) is 0 Å². The molecule has 0 aromatic heterocycles. The zero-order valence-corrected chi connectivity index (χ0v) is 12.1. The standard InChI is InChI=1S/C15H23ClN2/c1-3-8-17-15-9-13(10-18(2)11-15)12-4-6-14(16)7-5-12/h4-7,13,15,17H,3,8-11H2,1-2H3. The lowest BCUT2D eigenvalue weighted by Gasteiger charge is -2.36. The molecule has 0 radical (unpaired) electrons. The van der Waals surface area contributed by atoms with Gasteiger partial charge in [-0.1, -0.05) is 30.7 Å². The molecule has 2 rings (SSSR count). The predicted molar refractivity (Wildman–Crippen MR) is 78.4 cm³/mol. The second-order valence-electron chi connectivity index (χ2n) is 5.36. The SMILES string of the molecule is CCCNC1CC(c2ccc(Cl)cc2)CN(C)C1. The van der Waals surface area contributed by atoms with Crippen molar-refractivity contribution in [2.75, 3.05) is 26.7 Å². The van der Waals surface area contributed by atoms with E-state index in [9.17, 15) is 0 Å². The van der Waals surface area contributed by atoms with Gasteiger partial charge in [-0.3, -0.25) is 0 Å². The average Bonchev–Trinajstić information content (AvgIpc) is 2.36. The van der Waals surface area contributed by atoms with Gasteiger partial charge in [0, 0.05) is 24.2 Å².